The van der Waals surface area contributed by atoms with E-state index in [2.05, 4.69) is 15.1 Å². The second-order valence-electron chi connectivity index (χ2n) is 5.78. The summed E-state index contributed by atoms with van der Waals surface area (Å²) >= 11 is 0. The van der Waals surface area contributed by atoms with Gasteiger partial charge in [0.25, 0.3) is 5.91 Å². The summed E-state index contributed by atoms with van der Waals surface area (Å²) in [4.78, 5) is 16.6. The van der Waals surface area contributed by atoms with Crippen molar-refractivity contribution in [3.05, 3.63) is 23.5 Å². The topological polar surface area (TPSA) is 58.6 Å². The van der Waals surface area contributed by atoms with Crippen molar-refractivity contribution < 1.29 is 9.53 Å². The Labute approximate surface area is 126 Å². The molecule has 1 aromatic heterocycles. The Bertz CT molecular complexity index is 472. The molecule has 0 N–H and O–H groups in total. The summed E-state index contributed by atoms with van der Waals surface area (Å²) < 4.78 is 5.66. The molecule has 116 valence electrons. The molecular weight excluding hydrogens is 268 g/mol. The quantitative estimate of drug-likeness (QED) is 0.782. The average molecular weight is 292 g/mol. The summed E-state index contributed by atoms with van der Waals surface area (Å²) in [6, 6.07) is 1.79. The van der Waals surface area contributed by atoms with Crippen LogP contribution in [0, 0.1) is 6.92 Å². The maximum atomic E-state index is 12.7. The normalized spacial score (nSPS) is 18.2. The second kappa shape index (κ2) is 7.47. The number of aryl methyl sites for hydroxylation is 1. The number of ether oxygens (including phenoxy) is 1. The van der Waals surface area contributed by atoms with E-state index in [0.717, 1.165) is 31.7 Å². The number of carbonyl (C=O) groups is 1. The number of amides is 1. The van der Waals surface area contributed by atoms with Gasteiger partial charge in [-0.05, 0) is 39.9 Å². The molecule has 0 bridgehead atoms. The Morgan fingerprint density at radius 2 is 2.24 bits per heavy atom. The van der Waals surface area contributed by atoms with Crippen LogP contribution in [0.4, 0.5) is 0 Å². The lowest BCUT2D eigenvalue weighted by atomic mass is 10.2. The lowest BCUT2D eigenvalue weighted by Crippen LogP contribution is -2.41. The van der Waals surface area contributed by atoms with Crippen LogP contribution in [0.15, 0.2) is 12.3 Å². The van der Waals surface area contributed by atoms with E-state index in [9.17, 15) is 4.79 Å². The highest BCUT2D eigenvalue weighted by Crippen LogP contribution is 2.15. The largest absolute Gasteiger partial charge is 0.376 e. The molecule has 2 rings (SSSR count). The first-order valence-electron chi connectivity index (χ1n) is 7.41. The molecule has 1 unspecified atom stereocenters. The number of hydrogen-bond acceptors (Lipinski definition) is 5. The minimum Gasteiger partial charge on any atom is -0.376 e. The zero-order chi connectivity index (χ0) is 15.2. The van der Waals surface area contributed by atoms with Crippen molar-refractivity contribution in [2.75, 3.05) is 40.3 Å². The maximum absolute atomic E-state index is 12.7. The third-order valence-electron chi connectivity index (χ3n) is 3.58. The molecule has 1 aliphatic heterocycles. The Hall–Kier alpha value is -1.53. The fourth-order valence-electron chi connectivity index (χ4n) is 2.40. The Kier molecular flexibility index (Phi) is 5.64. The van der Waals surface area contributed by atoms with Crippen molar-refractivity contribution in [1.82, 2.24) is 20.0 Å². The summed E-state index contributed by atoms with van der Waals surface area (Å²) in [6.45, 7) is 4.81. The zero-order valence-corrected chi connectivity index (χ0v) is 13.1. The summed E-state index contributed by atoms with van der Waals surface area (Å²) in [5.74, 6) is 0.00495. The van der Waals surface area contributed by atoms with Crippen LogP contribution in [0.1, 0.15) is 28.9 Å². The molecular formula is C15H24N4O2. The molecule has 1 saturated heterocycles. The summed E-state index contributed by atoms with van der Waals surface area (Å²) in [6.07, 6.45) is 3.80. The molecule has 2 heterocycles. The van der Waals surface area contributed by atoms with E-state index in [1.54, 1.807) is 6.07 Å². The molecule has 1 fully saturated rings. The van der Waals surface area contributed by atoms with Crippen molar-refractivity contribution >= 4 is 5.91 Å². The van der Waals surface area contributed by atoms with Gasteiger partial charge in [0.15, 0.2) is 0 Å². The number of nitrogens with zero attached hydrogens (tertiary/aromatic N) is 4. The van der Waals surface area contributed by atoms with E-state index >= 15 is 0 Å². The molecule has 21 heavy (non-hydrogen) atoms. The van der Waals surface area contributed by atoms with Gasteiger partial charge in [-0.25, -0.2) is 0 Å². The first-order chi connectivity index (χ1) is 10.1. The summed E-state index contributed by atoms with van der Waals surface area (Å²) in [7, 11) is 4.01. The molecule has 0 saturated carbocycles. The van der Waals surface area contributed by atoms with Crippen LogP contribution in [0.3, 0.4) is 0 Å². The Morgan fingerprint density at radius 1 is 1.43 bits per heavy atom. The van der Waals surface area contributed by atoms with Crippen molar-refractivity contribution in [1.29, 1.82) is 0 Å². The molecule has 6 nitrogen and oxygen atoms in total. The van der Waals surface area contributed by atoms with Crippen molar-refractivity contribution in [3.8, 4) is 0 Å². The van der Waals surface area contributed by atoms with Gasteiger partial charge in [0.2, 0.25) is 0 Å². The third-order valence-corrected chi connectivity index (χ3v) is 3.58. The van der Waals surface area contributed by atoms with Crippen molar-refractivity contribution in [2.24, 2.45) is 0 Å². The summed E-state index contributed by atoms with van der Waals surface area (Å²) in [5, 5.41) is 7.78. The van der Waals surface area contributed by atoms with Crippen LogP contribution >= 0.6 is 0 Å². The van der Waals surface area contributed by atoms with Crippen molar-refractivity contribution in [3.63, 3.8) is 0 Å². The lowest BCUT2D eigenvalue weighted by molar-refractivity contribution is 0.0511. The first-order valence-corrected chi connectivity index (χ1v) is 7.41. The summed E-state index contributed by atoms with van der Waals surface area (Å²) in [5.41, 5.74) is 1.35. The van der Waals surface area contributed by atoms with Crippen LogP contribution in [0.25, 0.3) is 0 Å². The first kappa shape index (κ1) is 15.9. The standard InChI is InChI=1S/C15H24N4O2/c1-12-9-13(10-16-17-12)15(20)19(7-6-18(2)3)11-14-5-4-8-21-14/h9-10,14H,4-8,11H2,1-3H3. The highest BCUT2D eigenvalue weighted by molar-refractivity contribution is 5.94. The number of hydrogen-bond donors (Lipinski definition) is 0. The molecule has 0 aliphatic carbocycles. The van der Waals surface area contributed by atoms with Gasteiger partial charge in [-0.1, -0.05) is 0 Å². The van der Waals surface area contributed by atoms with E-state index < -0.39 is 0 Å². The maximum Gasteiger partial charge on any atom is 0.255 e. The molecule has 6 heteroatoms. The number of rotatable bonds is 6. The predicted octanol–water partition coefficient (Wildman–Crippen LogP) is 0.968. The van der Waals surface area contributed by atoms with E-state index in [0.29, 0.717) is 18.7 Å². The van der Waals surface area contributed by atoms with Gasteiger partial charge in [0.1, 0.15) is 0 Å². The van der Waals surface area contributed by atoms with Gasteiger partial charge in [0, 0.05) is 26.2 Å². The fraction of sp³-hybridized carbons (Fsp3) is 0.667. The highest BCUT2D eigenvalue weighted by Gasteiger charge is 2.23. The number of aromatic nitrogens is 2. The molecule has 1 amide bonds. The van der Waals surface area contributed by atoms with Crippen LogP contribution in [-0.4, -0.2) is 72.3 Å². The van der Waals surface area contributed by atoms with E-state index in [-0.39, 0.29) is 12.0 Å². The number of carbonyl (C=O) groups excluding carboxylic acids is 1. The van der Waals surface area contributed by atoms with Crippen LogP contribution in [0.5, 0.6) is 0 Å². The zero-order valence-electron chi connectivity index (χ0n) is 13.1. The second-order valence-corrected chi connectivity index (χ2v) is 5.78. The smallest absolute Gasteiger partial charge is 0.255 e. The average Bonchev–Trinajstić information content (AvgIpc) is 2.95. The lowest BCUT2D eigenvalue weighted by Gasteiger charge is -2.26. The van der Waals surface area contributed by atoms with Crippen LogP contribution in [0.2, 0.25) is 0 Å². The van der Waals surface area contributed by atoms with E-state index in [4.69, 9.17) is 4.74 Å². The van der Waals surface area contributed by atoms with E-state index in [1.165, 1.54) is 6.20 Å². The van der Waals surface area contributed by atoms with Gasteiger partial charge in [-0.15, -0.1) is 0 Å². The monoisotopic (exact) mass is 292 g/mol. The minimum absolute atomic E-state index is 0.00495. The molecule has 1 aliphatic rings. The fourth-order valence-corrected chi connectivity index (χ4v) is 2.40. The molecule has 0 aromatic carbocycles. The SMILES string of the molecule is Cc1cc(C(=O)N(CCN(C)C)CC2CCCO2)cnn1. The van der Waals surface area contributed by atoms with E-state index in [1.807, 2.05) is 25.9 Å². The van der Waals surface area contributed by atoms with Crippen LogP contribution < -0.4 is 0 Å². The van der Waals surface area contributed by atoms with Gasteiger partial charge in [0.05, 0.1) is 23.6 Å². The Balaban J connectivity index is 2.06. The minimum atomic E-state index is 0.00495. The third kappa shape index (κ3) is 4.75. The highest BCUT2D eigenvalue weighted by atomic mass is 16.5. The van der Waals surface area contributed by atoms with Gasteiger partial charge in [-0.3, -0.25) is 4.79 Å². The van der Waals surface area contributed by atoms with Gasteiger partial charge in [-0.2, -0.15) is 10.2 Å². The van der Waals surface area contributed by atoms with Gasteiger partial charge >= 0.3 is 0 Å². The molecule has 0 radical (unpaired) electrons. The molecule has 0 spiro atoms. The van der Waals surface area contributed by atoms with Crippen LogP contribution in [-0.2, 0) is 4.74 Å². The Morgan fingerprint density at radius 3 is 2.86 bits per heavy atom. The molecule has 1 atom stereocenters. The number of likely N-dealkylation sites (N-methyl/N-ethyl adjacent to an activating group) is 1. The van der Waals surface area contributed by atoms with Crippen molar-refractivity contribution in [2.45, 2.75) is 25.9 Å². The van der Waals surface area contributed by atoms with Gasteiger partial charge < -0.3 is 14.5 Å². The predicted molar refractivity (Wildman–Crippen MR) is 80.2 cm³/mol. The molecule has 1 aromatic rings.